The second-order valence-corrected chi connectivity index (χ2v) is 8.21. The van der Waals surface area contributed by atoms with Crippen LogP contribution in [0.15, 0.2) is 36.7 Å². The Morgan fingerprint density at radius 1 is 1.26 bits per heavy atom. The number of aromatic nitrogens is 4. The topological polar surface area (TPSA) is 119 Å². The molecule has 10 nitrogen and oxygen atoms in total. The van der Waals surface area contributed by atoms with Gasteiger partial charge in [-0.25, -0.2) is 14.8 Å². The monoisotopic (exact) mass is 457 g/mol. The van der Waals surface area contributed by atoms with E-state index in [9.17, 15) is 14.4 Å². The molecule has 5 rings (SSSR count). The lowest BCUT2D eigenvalue weighted by Gasteiger charge is -2.12. The Labute approximate surface area is 195 Å². The molecule has 2 radical (unpaired) electrons. The van der Waals surface area contributed by atoms with Crippen LogP contribution in [0.3, 0.4) is 0 Å². The Hall–Kier alpha value is -4.15. The number of aromatic amines is 1. The maximum absolute atomic E-state index is 12.0. The highest BCUT2D eigenvalue weighted by molar-refractivity contribution is 6.20. The van der Waals surface area contributed by atoms with Crippen molar-refractivity contribution in [3.8, 4) is 11.3 Å². The lowest BCUT2D eigenvalue weighted by atomic mass is 10.1. The number of ether oxygens (including phenoxy) is 2. The number of Topliss-reactive ketones (excluding diaryl/α,β-unsaturated/α-hetero) is 2. The fourth-order valence-electron chi connectivity index (χ4n) is 4.10. The molecule has 0 unspecified atom stereocenters. The summed E-state index contributed by atoms with van der Waals surface area (Å²) in [5.74, 6) is -0.248. The zero-order chi connectivity index (χ0) is 24.0. The van der Waals surface area contributed by atoms with Crippen LogP contribution >= 0.6 is 0 Å². The van der Waals surface area contributed by atoms with Crippen LogP contribution in [0.2, 0.25) is 0 Å². The summed E-state index contributed by atoms with van der Waals surface area (Å²) in [4.78, 5) is 49.1. The largest absolute Gasteiger partial charge is 0.509 e. The Morgan fingerprint density at radius 2 is 2.03 bits per heavy atom. The molecule has 0 saturated heterocycles. The van der Waals surface area contributed by atoms with E-state index in [1.807, 2.05) is 35.9 Å². The van der Waals surface area contributed by atoms with E-state index in [-0.39, 0.29) is 19.4 Å². The summed E-state index contributed by atoms with van der Waals surface area (Å²) < 4.78 is 11.9. The minimum Gasteiger partial charge on any atom is -0.429 e. The van der Waals surface area contributed by atoms with Crippen molar-refractivity contribution in [3.63, 3.8) is 0 Å². The summed E-state index contributed by atoms with van der Waals surface area (Å²) in [5, 5.41) is 0.895. The van der Waals surface area contributed by atoms with E-state index in [0.717, 1.165) is 22.2 Å². The summed E-state index contributed by atoms with van der Waals surface area (Å²) in [6.07, 6.45) is -0.502. The quantitative estimate of drug-likeness (QED) is 0.276. The summed E-state index contributed by atoms with van der Waals surface area (Å²) >= 11 is 0. The first-order chi connectivity index (χ1) is 16.3. The molecule has 0 spiro atoms. The number of ketones is 2. The van der Waals surface area contributed by atoms with E-state index in [4.69, 9.17) is 17.5 Å². The number of pyridine rings is 1. The van der Waals surface area contributed by atoms with Crippen molar-refractivity contribution < 1.29 is 23.9 Å². The molecule has 1 aliphatic carbocycles. The van der Waals surface area contributed by atoms with Gasteiger partial charge in [0.25, 0.3) is 0 Å². The molecule has 4 aromatic rings. The molecule has 170 valence electrons. The number of hydrogen-bond acceptors (Lipinski definition) is 8. The zero-order valence-corrected chi connectivity index (χ0v) is 18.6. The standard InChI is InChI=1S/C23H20BN5O5/c1-28-11-25-18-19(28)14-9-15(26-21(14)27-22(18)29(2)24)13-5-3-4-12(8-13)10-33-23(32)34-20-16(30)6-7-17(20)31/h3-5,8-9,11,20H,6-7,10H2,1-2H3,(H,26,27). The number of nitrogens with one attached hydrogen (secondary N) is 1. The van der Waals surface area contributed by atoms with Gasteiger partial charge in [0.2, 0.25) is 14.1 Å². The van der Waals surface area contributed by atoms with E-state index in [2.05, 4.69) is 15.0 Å². The van der Waals surface area contributed by atoms with Crippen LogP contribution in [0.1, 0.15) is 18.4 Å². The molecule has 0 amide bonds. The molecular formula is C23H20BN5O5. The Kier molecular flexibility index (Phi) is 5.31. The van der Waals surface area contributed by atoms with Gasteiger partial charge in [-0.1, -0.05) is 18.2 Å². The van der Waals surface area contributed by atoms with Crippen molar-refractivity contribution in [2.75, 3.05) is 11.9 Å². The highest BCUT2D eigenvalue weighted by Crippen LogP contribution is 2.32. The van der Waals surface area contributed by atoms with Gasteiger partial charge >= 0.3 is 6.16 Å². The van der Waals surface area contributed by atoms with Gasteiger partial charge in [0.15, 0.2) is 11.6 Å². The maximum Gasteiger partial charge on any atom is 0.509 e. The number of H-pyrrole nitrogens is 1. The summed E-state index contributed by atoms with van der Waals surface area (Å²) in [6.45, 7) is -0.0751. The highest BCUT2D eigenvalue weighted by atomic mass is 16.7. The first-order valence-electron chi connectivity index (χ1n) is 10.6. The number of aryl methyl sites for hydroxylation is 1. The summed E-state index contributed by atoms with van der Waals surface area (Å²) in [7, 11) is 9.58. The van der Waals surface area contributed by atoms with Crippen LogP contribution in [0.5, 0.6) is 0 Å². The average molecular weight is 457 g/mol. The number of anilines is 1. The number of carbonyl (C=O) groups excluding carboxylic acids is 3. The Morgan fingerprint density at radius 3 is 2.76 bits per heavy atom. The average Bonchev–Trinajstić information content (AvgIpc) is 3.50. The molecule has 1 N–H and O–H groups in total. The first kappa shape index (κ1) is 21.7. The molecule has 34 heavy (non-hydrogen) atoms. The van der Waals surface area contributed by atoms with Gasteiger partial charge < -0.3 is 23.8 Å². The molecule has 0 bridgehead atoms. The number of rotatable bonds is 5. The fraction of sp³-hybridized carbons (Fsp3) is 0.261. The van der Waals surface area contributed by atoms with E-state index in [0.29, 0.717) is 22.5 Å². The number of hydrogen-bond donors (Lipinski definition) is 1. The smallest absolute Gasteiger partial charge is 0.429 e. The molecule has 1 aliphatic rings. The molecule has 0 aliphatic heterocycles. The van der Waals surface area contributed by atoms with Gasteiger partial charge in [-0.2, -0.15) is 0 Å². The predicted molar refractivity (Wildman–Crippen MR) is 124 cm³/mol. The normalized spacial score (nSPS) is 14.3. The van der Waals surface area contributed by atoms with Crippen molar-refractivity contribution in [1.29, 1.82) is 0 Å². The van der Waals surface area contributed by atoms with E-state index in [1.165, 1.54) is 4.81 Å². The van der Waals surface area contributed by atoms with Crippen molar-refractivity contribution in [3.05, 3.63) is 42.2 Å². The molecule has 1 saturated carbocycles. The Bertz CT molecular complexity index is 1440. The van der Waals surface area contributed by atoms with Gasteiger partial charge in [0.1, 0.15) is 23.6 Å². The van der Waals surface area contributed by atoms with Crippen LogP contribution in [0.4, 0.5) is 10.6 Å². The first-order valence-corrected chi connectivity index (χ1v) is 10.6. The van der Waals surface area contributed by atoms with Gasteiger partial charge in [0.05, 0.1) is 11.8 Å². The lowest BCUT2D eigenvalue weighted by Crippen LogP contribution is -2.28. The minimum absolute atomic E-state index is 0.0751. The second kappa shape index (κ2) is 8.33. The molecule has 0 atom stereocenters. The summed E-state index contributed by atoms with van der Waals surface area (Å²) in [5.41, 5.74) is 4.64. The molecule has 3 heterocycles. The van der Waals surface area contributed by atoms with Crippen molar-refractivity contribution in [2.24, 2.45) is 7.05 Å². The van der Waals surface area contributed by atoms with E-state index in [1.54, 1.807) is 19.4 Å². The van der Waals surface area contributed by atoms with Crippen LogP contribution in [-0.2, 0) is 32.7 Å². The van der Waals surface area contributed by atoms with Crippen LogP contribution < -0.4 is 4.81 Å². The highest BCUT2D eigenvalue weighted by Gasteiger charge is 2.36. The van der Waals surface area contributed by atoms with Crippen LogP contribution in [-0.4, -0.2) is 58.4 Å². The minimum atomic E-state index is -1.35. The number of nitrogens with zero attached hydrogens (tertiary/aromatic N) is 4. The van der Waals surface area contributed by atoms with E-state index >= 15 is 0 Å². The van der Waals surface area contributed by atoms with Crippen molar-refractivity contribution >= 4 is 53.6 Å². The maximum atomic E-state index is 12.0. The third kappa shape index (κ3) is 3.78. The van der Waals surface area contributed by atoms with Crippen LogP contribution in [0, 0.1) is 0 Å². The number of imidazole rings is 1. The number of carbonyl (C=O) groups is 3. The van der Waals surface area contributed by atoms with Gasteiger partial charge in [-0.15, -0.1) is 0 Å². The van der Waals surface area contributed by atoms with Gasteiger partial charge in [-0.05, 0) is 30.3 Å². The predicted octanol–water partition coefficient (Wildman–Crippen LogP) is 2.59. The zero-order valence-electron chi connectivity index (χ0n) is 18.6. The van der Waals surface area contributed by atoms with Crippen molar-refractivity contribution in [2.45, 2.75) is 25.6 Å². The SMILES string of the molecule is [B]N(C)c1nc2[nH]c(-c3cccc(COC(=O)OC4C(=O)CCC4=O)c3)cc2c2c1ncn2C. The number of fused-ring (bicyclic) bond motifs is 3. The van der Waals surface area contributed by atoms with Gasteiger partial charge in [-0.3, -0.25) is 9.59 Å². The van der Waals surface area contributed by atoms with Crippen molar-refractivity contribution in [1.82, 2.24) is 19.5 Å². The van der Waals surface area contributed by atoms with E-state index < -0.39 is 23.8 Å². The lowest BCUT2D eigenvalue weighted by molar-refractivity contribution is -0.134. The third-order valence-corrected chi connectivity index (χ3v) is 5.76. The molecule has 1 aromatic carbocycles. The molecular weight excluding hydrogens is 437 g/mol. The third-order valence-electron chi connectivity index (χ3n) is 5.76. The molecule has 3 aromatic heterocycles. The second-order valence-electron chi connectivity index (χ2n) is 8.21. The summed E-state index contributed by atoms with van der Waals surface area (Å²) in [6, 6.07) is 9.39. The molecule has 11 heteroatoms. The van der Waals surface area contributed by atoms with Crippen LogP contribution in [0.25, 0.3) is 33.3 Å². The molecule has 1 fully saturated rings. The van der Waals surface area contributed by atoms with Gasteiger partial charge in [0, 0.05) is 31.0 Å². The fourth-order valence-corrected chi connectivity index (χ4v) is 4.10. The number of benzene rings is 1. The Balaban J connectivity index is 1.39.